The molecule has 0 radical (unpaired) electrons. The molecule has 1 fully saturated rings. The first kappa shape index (κ1) is 18.2. The molecule has 1 aromatic carbocycles. The zero-order valence-corrected chi connectivity index (χ0v) is 16.2. The summed E-state index contributed by atoms with van der Waals surface area (Å²) in [5.41, 5.74) is 4.77. The van der Waals surface area contributed by atoms with E-state index in [2.05, 4.69) is 17.1 Å². The maximum absolute atomic E-state index is 12.9. The van der Waals surface area contributed by atoms with E-state index in [1.165, 1.54) is 11.1 Å². The van der Waals surface area contributed by atoms with Gasteiger partial charge in [-0.1, -0.05) is 29.3 Å². The van der Waals surface area contributed by atoms with Crippen LogP contribution in [0.2, 0.25) is 5.02 Å². The number of piperidine rings is 1. The lowest BCUT2D eigenvalue weighted by Gasteiger charge is -2.29. The minimum absolute atomic E-state index is 0.314. The highest BCUT2D eigenvalue weighted by atomic mass is 35.5. The first-order valence-electron chi connectivity index (χ1n) is 8.27. The van der Waals surface area contributed by atoms with Crippen LogP contribution < -0.4 is 0 Å². The number of aromatic nitrogens is 2. The van der Waals surface area contributed by atoms with Crippen LogP contribution in [0, 0.1) is 13.8 Å². The number of hydrogen-bond donors (Lipinski definition) is 1. The number of nitrogens with zero attached hydrogens (tertiary/aromatic N) is 2. The number of H-pyrrole nitrogens is 1. The lowest BCUT2D eigenvalue weighted by molar-refractivity contribution is 0.387. The summed E-state index contributed by atoms with van der Waals surface area (Å²) in [5.74, 6) is 0. The maximum atomic E-state index is 12.9. The summed E-state index contributed by atoms with van der Waals surface area (Å²) in [6.45, 7) is 6.54. The van der Waals surface area contributed by atoms with Gasteiger partial charge < -0.3 is 0 Å². The SMILES string of the molecule is CC(=C1CCN(S(=O)(=O)c2c(C)n[nH]c2C)CC1)c1ccc(Cl)cc1. The molecule has 0 amide bonds. The molecule has 0 aliphatic carbocycles. The molecule has 134 valence electrons. The Bertz CT molecular complexity index is 885. The molecule has 0 saturated carbocycles. The summed E-state index contributed by atoms with van der Waals surface area (Å²) < 4.78 is 27.4. The lowest BCUT2D eigenvalue weighted by Crippen LogP contribution is -2.37. The van der Waals surface area contributed by atoms with Gasteiger partial charge in [0.2, 0.25) is 10.0 Å². The second-order valence-electron chi connectivity index (χ2n) is 6.40. The van der Waals surface area contributed by atoms with Crippen molar-refractivity contribution < 1.29 is 8.42 Å². The summed E-state index contributed by atoms with van der Waals surface area (Å²) in [6.07, 6.45) is 1.48. The molecule has 1 N–H and O–H groups in total. The Morgan fingerprint density at radius 2 is 1.76 bits per heavy atom. The second kappa shape index (κ2) is 6.94. The third-order valence-corrected chi connectivity index (χ3v) is 7.21. The van der Waals surface area contributed by atoms with Crippen molar-refractivity contribution in [2.24, 2.45) is 0 Å². The smallest absolute Gasteiger partial charge is 0.246 e. The molecule has 1 aromatic heterocycles. The average molecular weight is 380 g/mol. The summed E-state index contributed by atoms with van der Waals surface area (Å²) in [7, 11) is -3.50. The number of halogens is 1. The van der Waals surface area contributed by atoms with Crippen LogP contribution in [0.1, 0.15) is 36.7 Å². The minimum atomic E-state index is -3.50. The number of sulfonamides is 1. The number of aryl methyl sites for hydroxylation is 2. The highest BCUT2D eigenvalue weighted by Gasteiger charge is 2.31. The summed E-state index contributed by atoms with van der Waals surface area (Å²) in [4.78, 5) is 0.314. The fourth-order valence-electron chi connectivity index (χ4n) is 3.33. The Morgan fingerprint density at radius 3 is 2.28 bits per heavy atom. The summed E-state index contributed by atoms with van der Waals surface area (Å²) in [5, 5.41) is 7.49. The van der Waals surface area contributed by atoms with Crippen LogP contribution in [0.4, 0.5) is 0 Å². The predicted molar refractivity (Wildman–Crippen MR) is 100 cm³/mol. The Hall–Kier alpha value is -1.63. The van der Waals surface area contributed by atoms with Gasteiger partial charge in [0.1, 0.15) is 4.90 Å². The van der Waals surface area contributed by atoms with Gasteiger partial charge >= 0.3 is 0 Å². The van der Waals surface area contributed by atoms with Gasteiger partial charge in [0, 0.05) is 18.1 Å². The molecule has 1 aliphatic rings. The molecular weight excluding hydrogens is 358 g/mol. The van der Waals surface area contributed by atoms with E-state index in [1.807, 2.05) is 24.3 Å². The van der Waals surface area contributed by atoms with Crippen molar-refractivity contribution in [3.63, 3.8) is 0 Å². The van der Waals surface area contributed by atoms with Gasteiger partial charge in [-0.3, -0.25) is 5.10 Å². The van der Waals surface area contributed by atoms with Gasteiger partial charge in [0.25, 0.3) is 0 Å². The van der Waals surface area contributed by atoms with Crippen molar-refractivity contribution >= 4 is 27.2 Å². The van der Waals surface area contributed by atoms with Gasteiger partial charge in [0.05, 0.1) is 11.4 Å². The van der Waals surface area contributed by atoms with Gasteiger partial charge in [-0.15, -0.1) is 0 Å². The highest BCUT2D eigenvalue weighted by Crippen LogP contribution is 2.30. The van der Waals surface area contributed by atoms with Gasteiger partial charge in [-0.05, 0) is 56.9 Å². The molecule has 7 heteroatoms. The van der Waals surface area contributed by atoms with Crippen molar-refractivity contribution in [1.29, 1.82) is 0 Å². The van der Waals surface area contributed by atoms with E-state index in [1.54, 1.807) is 18.2 Å². The van der Waals surface area contributed by atoms with E-state index < -0.39 is 10.0 Å². The fraction of sp³-hybridized carbons (Fsp3) is 0.389. The molecule has 1 saturated heterocycles. The van der Waals surface area contributed by atoms with Gasteiger partial charge in [-0.2, -0.15) is 9.40 Å². The Balaban J connectivity index is 1.80. The van der Waals surface area contributed by atoms with Crippen molar-refractivity contribution in [2.75, 3.05) is 13.1 Å². The van der Waals surface area contributed by atoms with Crippen LogP contribution in [-0.4, -0.2) is 36.0 Å². The van der Waals surface area contributed by atoms with Crippen molar-refractivity contribution in [3.8, 4) is 0 Å². The summed E-state index contributed by atoms with van der Waals surface area (Å²) >= 11 is 5.95. The molecule has 0 spiro atoms. The standard InChI is InChI=1S/C18H22ClN3O2S/c1-12(15-4-6-17(19)7-5-15)16-8-10-22(11-9-16)25(23,24)18-13(2)20-21-14(18)3/h4-7H,8-11H2,1-3H3,(H,20,21). The first-order valence-corrected chi connectivity index (χ1v) is 10.1. The van der Waals surface area contributed by atoms with E-state index in [0.29, 0.717) is 34.4 Å². The quantitative estimate of drug-likeness (QED) is 0.878. The van der Waals surface area contributed by atoms with E-state index in [9.17, 15) is 8.42 Å². The van der Waals surface area contributed by atoms with Crippen LogP contribution in [0.25, 0.3) is 5.57 Å². The number of allylic oxidation sites excluding steroid dienone is 1. The Morgan fingerprint density at radius 1 is 1.16 bits per heavy atom. The van der Waals surface area contributed by atoms with E-state index in [4.69, 9.17) is 11.6 Å². The topological polar surface area (TPSA) is 66.1 Å². The minimum Gasteiger partial charge on any atom is -0.281 e. The normalized spacial score (nSPS) is 16.2. The molecule has 25 heavy (non-hydrogen) atoms. The second-order valence-corrected chi connectivity index (χ2v) is 8.71. The first-order chi connectivity index (χ1) is 11.8. The van der Waals surface area contributed by atoms with E-state index in [-0.39, 0.29) is 0 Å². The van der Waals surface area contributed by atoms with E-state index in [0.717, 1.165) is 18.4 Å². The molecule has 3 rings (SSSR count). The zero-order chi connectivity index (χ0) is 18.2. The third kappa shape index (κ3) is 3.52. The Labute approximate surface area is 153 Å². The highest BCUT2D eigenvalue weighted by molar-refractivity contribution is 7.89. The number of hydrogen-bond acceptors (Lipinski definition) is 3. The Kier molecular flexibility index (Phi) is 5.04. The predicted octanol–water partition coefficient (Wildman–Crippen LogP) is 3.94. The molecule has 1 aliphatic heterocycles. The molecule has 2 aromatic rings. The average Bonchev–Trinajstić information content (AvgIpc) is 2.94. The van der Waals surface area contributed by atoms with Crippen LogP contribution in [0.15, 0.2) is 34.7 Å². The molecule has 5 nitrogen and oxygen atoms in total. The van der Waals surface area contributed by atoms with E-state index >= 15 is 0 Å². The van der Waals surface area contributed by atoms with Crippen LogP contribution in [-0.2, 0) is 10.0 Å². The van der Waals surface area contributed by atoms with Crippen molar-refractivity contribution in [1.82, 2.24) is 14.5 Å². The van der Waals surface area contributed by atoms with Crippen molar-refractivity contribution in [3.05, 3.63) is 51.8 Å². The van der Waals surface area contributed by atoms with Crippen LogP contribution in [0.5, 0.6) is 0 Å². The molecule has 0 bridgehead atoms. The molecule has 0 atom stereocenters. The van der Waals surface area contributed by atoms with Crippen LogP contribution >= 0.6 is 11.6 Å². The number of rotatable bonds is 3. The van der Waals surface area contributed by atoms with Gasteiger partial charge in [0.15, 0.2) is 0 Å². The monoisotopic (exact) mass is 379 g/mol. The third-order valence-electron chi connectivity index (χ3n) is 4.79. The number of nitrogens with one attached hydrogen (secondary N) is 1. The summed E-state index contributed by atoms with van der Waals surface area (Å²) in [6, 6.07) is 7.77. The van der Waals surface area contributed by atoms with Gasteiger partial charge in [-0.25, -0.2) is 8.42 Å². The van der Waals surface area contributed by atoms with Crippen molar-refractivity contribution in [2.45, 2.75) is 38.5 Å². The number of aromatic amines is 1. The van der Waals surface area contributed by atoms with Crippen LogP contribution in [0.3, 0.4) is 0 Å². The zero-order valence-electron chi connectivity index (χ0n) is 14.6. The molecular formula is C18H22ClN3O2S. The molecule has 2 heterocycles. The largest absolute Gasteiger partial charge is 0.281 e. The molecule has 0 unspecified atom stereocenters. The number of benzene rings is 1. The fourth-order valence-corrected chi connectivity index (χ4v) is 5.22. The maximum Gasteiger partial charge on any atom is 0.246 e. The lowest BCUT2D eigenvalue weighted by atomic mass is 9.95.